The smallest absolute Gasteiger partial charge is 0.408 e. The lowest BCUT2D eigenvalue weighted by Crippen LogP contribution is -2.51. The van der Waals surface area contributed by atoms with E-state index in [1.165, 1.54) is 5.56 Å². The Labute approximate surface area is 325 Å². The summed E-state index contributed by atoms with van der Waals surface area (Å²) >= 11 is 0. The molecule has 55 heavy (non-hydrogen) atoms. The van der Waals surface area contributed by atoms with Gasteiger partial charge in [-0.25, -0.2) is 4.79 Å². The predicted octanol–water partition coefficient (Wildman–Crippen LogP) is 7.40. The second-order valence-corrected chi connectivity index (χ2v) is 14.4. The van der Waals surface area contributed by atoms with E-state index in [0.717, 1.165) is 67.6 Å². The molecule has 8 heteroatoms. The van der Waals surface area contributed by atoms with E-state index in [-0.39, 0.29) is 25.5 Å². The molecule has 0 saturated carbocycles. The second kappa shape index (κ2) is 20.1. The number of rotatable bonds is 17. The Bertz CT molecular complexity index is 1860. The molecule has 0 unspecified atom stereocenters. The number of nitrogens with one attached hydrogen (secondary N) is 3. The van der Waals surface area contributed by atoms with Gasteiger partial charge in [0.1, 0.15) is 12.6 Å². The average molecular weight is 737 g/mol. The first-order chi connectivity index (χ1) is 27.0. The van der Waals surface area contributed by atoms with E-state index in [4.69, 9.17) is 4.74 Å². The Morgan fingerprint density at radius 1 is 0.673 bits per heavy atom. The molecule has 1 heterocycles. The van der Waals surface area contributed by atoms with Crippen molar-refractivity contribution in [2.75, 3.05) is 32.7 Å². The first-order valence-electron chi connectivity index (χ1n) is 19.4. The summed E-state index contributed by atoms with van der Waals surface area (Å²) in [4.78, 5) is 42.5. The number of likely N-dealkylation sites (tertiary alicyclic amines) is 1. The van der Waals surface area contributed by atoms with Gasteiger partial charge in [0.05, 0.1) is 6.54 Å². The molecule has 3 amide bonds. The van der Waals surface area contributed by atoms with Crippen molar-refractivity contribution < 1.29 is 19.1 Å². The monoisotopic (exact) mass is 736 g/mol. The van der Waals surface area contributed by atoms with Gasteiger partial charge in [-0.3, -0.25) is 9.59 Å². The Balaban J connectivity index is 1.09. The molecule has 0 radical (unpaired) electrons. The summed E-state index contributed by atoms with van der Waals surface area (Å²) in [7, 11) is 0. The molecule has 3 N–H and O–H groups in total. The minimum Gasteiger partial charge on any atom is -0.445 e. The fourth-order valence-electron chi connectivity index (χ4n) is 7.65. The Kier molecular flexibility index (Phi) is 14.2. The van der Waals surface area contributed by atoms with Crippen molar-refractivity contribution in [3.63, 3.8) is 0 Å². The molecule has 5 aromatic rings. The van der Waals surface area contributed by atoms with Crippen molar-refractivity contribution in [3.8, 4) is 0 Å². The highest BCUT2D eigenvalue weighted by molar-refractivity contribution is 5.89. The normalized spacial score (nSPS) is 14.0. The summed E-state index contributed by atoms with van der Waals surface area (Å²) in [6.07, 6.45) is 3.64. The van der Waals surface area contributed by atoms with Crippen LogP contribution in [0.25, 0.3) is 0 Å². The maximum absolute atomic E-state index is 13.5. The third-order valence-electron chi connectivity index (χ3n) is 10.7. The van der Waals surface area contributed by atoms with Gasteiger partial charge in [0.25, 0.3) is 0 Å². The van der Waals surface area contributed by atoms with Crippen LogP contribution < -0.4 is 16.0 Å². The highest BCUT2D eigenvalue weighted by Gasteiger charge is 2.35. The molecular weight excluding hydrogens is 685 g/mol. The molecular formula is C47H52N4O4. The highest BCUT2D eigenvalue weighted by Crippen LogP contribution is 2.37. The SMILES string of the molecule is O=C(CNC(=O)[C@H](Cc1ccccc1)NC(=O)OCc1ccccc1)NCC(CCCN1CCC(c2ccccc2)CC1)(c1ccccc1)c1ccccc1. The Morgan fingerprint density at radius 2 is 1.20 bits per heavy atom. The fraction of sp³-hybridized carbons (Fsp3) is 0.298. The number of nitrogens with zero attached hydrogens (tertiary/aromatic N) is 1. The number of piperidine rings is 1. The fourth-order valence-corrected chi connectivity index (χ4v) is 7.65. The maximum atomic E-state index is 13.5. The molecule has 0 aliphatic carbocycles. The van der Waals surface area contributed by atoms with Crippen LogP contribution in [-0.2, 0) is 32.8 Å². The zero-order valence-electron chi connectivity index (χ0n) is 31.4. The van der Waals surface area contributed by atoms with E-state index < -0.39 is 23.5 Å². The van der Waals surface area contributed by atoms with E-state index >= 15 is 0 Å². The predicted molar refractivity (Wildman–Crippen MR) is 217 cm³/mol. The van der Waals surface area contributed by atoms with E-state index in [1.807, 2.05) is 97.1 Å². The summed E-state index contributed by atoms with van der Waals surface area (Å²) in [6.45, 7) is 3.34. The number of benzene rings is 5. The Hall–Kier alpha value is -5.73. The number of amides is 3. The maximum Gasteiger partial charge on any atom is 0.408 e. The van der Waals surface area contributed by atoms with Crippen LogP contribution >= 0.6 is 0 Å². The van der Waals surface area contributed by atoms with Crippen LogP contribution in [0.4, 0.5) is 4.79 Å². The van der Waals surface area contributed by atoms with Gasteiger partial charge in [-0.15, -0.1) is 0 Å². The first-order valence-corrected chi connectivity index (χ1v) is 19.4. The van der Waals surface area contributed by atoms with Gasteiger partial charge >= 0.3 is 6.09 Å². The van der Waals surface area contributed by atoms with Crippen LogP contribution in [0.3, 0.4) is 0 Å². The molecule has 1 saturated heterocycles. The molecule has 0 bridgehead atoms. The van der Waals surface area contributed by atoms with Crippen LogP contribution in [0, 0.1) is 0 Å². The minimum atomic E-state index is -0.941. The van der Waals surface area contributed by atoms with Crippen molar-refractivity contribution in [1.82, 2.24) is 20.9 Å². The number of carbonyl (C=O) groups excluding carboxylic acids is 3. The van der Waals surface area contributed by atoms with Crippen molar-refractivity contribution in [1.29, 1.82) is 0 Å². The average Bonchev–Trinajstić information content (AvgIpc) is 3.25. The minimum absolute atomic E-state index is 0.0755. The van der Waals surface area contributed by atoms with Crippen LogP contribution in [0.5, 0.6) is 0 Å². The van der Waals surface area contributed by atoms with Crippen molar-refractivity contribution in [3.05, 3.63) is 179 Å². The lowest BCUT2D eigenvalue weighted by Gasteiger charge is -2.37. The summed E-state index contributed by atoms with van der Waals surface area (Å²) in [5.41, 5.74) is 4.93. The molecule has 0 aromatic heterocycles. The van der Waals surface area contributed by atoms with Crippen molar-refractivity contribution in [2.45, 2.75) is 56.1 Å². The highest BCUT2D eigenvalue weighted by atomic mass is 16.5. The lowest BCUT2D eigenvalue weighted by molar-refractivity contribution is -0.127. The van der Waals surface area contributed by atoms with Crippen LogP contribution in [0.15, 0.2) is 152 Å². The third-order valence-corrected chi connectivity index (χ3v) is 10.7. The lowest BCUT2D eigenvalue weighted by atomic mass is 9.71. The first kappa shape index (κ1) is 39.0. The summed E-state index contributed by atoms with van der Waals surface area (Å²) in [5.74, 6) is -0.166. The number of hydrogen-bond acceptors (Lipinski definition) is 5. The summed E-state index contributed by atoms with van der Waals surface area (Å²) < 4.78 is 5.41. The number of hydrogen-bond donors (Lipinski definition) is 3. The van der Waals surface area contributed by atoms with Crippen LogP contribution in [0.2, 0.25) is 0 Å². The van der Waals surface area contributed by atoms with Gasteiger partial charge in [0, 0.05) is 18.4 Å². The molecule has 1 aliphatic rings. The molecule has 5 aromatic carbocycles. The molecule has 6 rings (SSSR count). The molecule has 1 fully saturated rings. The van der Waals surface area contributed by atoms with Crippen molar-refractivity contribution >= 4 is 17.9 Å². The zero-order chi connectivity index (χ0) is 38.1. The van der Waals surface area contributed by atoms with E-state index in [9.17, 15) is 14.4 Å². The standard InChI is InChI=1S/C47H52N4O4/c52-44(34-48-45(53)43(33-37-17-6-1-7-18-37)50-46(54)55-35-38-19-8-2-9-20-38)49-36-47(41-23-12-4-13-24-41,42-25-14-5-15-26-42)29-16-30-51-31-27-40(28-32-51)39-21-10-3-11-22-39/h1-15,17-26,40,43H,16,27-36H2,(H,48,53)(H,49,52)(H,50,54)/t43-/m0/s1. The molecule has 1 atom stereocenters. The van der Waals surface area contributed by atoms with Gasteiger partial charge in [-0.05, 0) is 79.1 Å². The van der Waals surface area contributed by atoms with Gasteiger partial charge in [0.15, 0.2) is 0 Å². The third kappa shape index (κ3) is 11.4. The molecule has 8 nitrogen and oxygen atoms in total. The van der Waals surface area contributed by atoms with E-state index in [0.29, 0.717) is 12.5 Å². The Morgan fingerprint density at radius 3 is 1.78 bits per heavy atom. The van der Waals surface area contributed by atoms with Gasteiger partial charge in [-0.1, -0.05) is 152 Å². The van der Waals surface area contributed by atoms with Crippen LogP contribution in [-0.4, -0.2) is 61.6 Å². The van der Waals surface area contributed by atoms with Gasteiger partial charge in [0.2, 0.25) is 11.8 Å². The zero-order valence-corrected chi connectivity index (χ0v) is 31.4. The summed E-state index contributed by atoms with van der Waals surface area (Å²) in [6, 6.07) is 49.5. The largest absolute Gasteiger partial charge is 0.445 e. The molecule has 1 aliphatic heterocycles. The van der Waals surface area contributed by atoms with E-state index in [1.54, 1.807) is 0 Å². The quantitative estimate of drug-likeness (QED) is 0.0925. The van der Waals surface area contributed by atoms with Gasteiger partial charge < -0.3 is 25.6 Å². The van der Waals surface area contributed by atoms with Gasteiger partial charge in [-0.2, -0.15) is 0 Å². The number of carbonyl (C=O) groups is 3. The number of ether oxygens (including phenoxy) is 1. The molecule has 284 valence electrons. The van der Waals surface area contributed by atoms with Crippen LogP contribution in [0.1, 0.15) is 59.4 Å². The molecule has 0 spiro atoms. The summed E-state index contributed by atoms with van der Waals surface area (Å²) in [5, 5.41) is 8.66. The topological polar surface area (TPSA) is 99.8 Å². The number of alkyl carbamates (subject to hydrolysis) is 1. The van der Waals surface area contributed by atoms with Crippen molar-refractivity contribution in [2.24, 2.45) is 0 Å². The van der Waals surface area contributed by atoms with E-state index in [2.05, 4.69) is 75.4 Å². The second-order valence-electron chi connectivity index (χ2n) is 14.4.